The zero-order valence-electron chi connectivity index (χ0n) is 21.7. The first-order valence-electron chi connectivity index (χ1n) is 12.8. The highest BCUT2D eigenvalue weighted by Gasteiger charge is 2.47. The number of hydrogen-bond donors (Lipinski definition) is 7. The number of allylic oxidation sites excluding steroid dienone is 1. The van der Waals surface area contributed by atoms with Crippen molar-refractivity contribution in [2.75, 3.05) is 13.2 Å². The van der Waals surface area contributed by atoms with Gasteiger partial charge in [0.2, 0.25) is 0 Å². The molecule has 0 spiro atoms. The largest absolute Gasteiger partial charge is 0.392 e. The minimum Gasteiger partial charge on any atom is -0.392 e. The van der Waals surface area contributed by atoms with E-state index in [4.69, 9.17) is 18.9 Å². The van der Waals surface area contributed by atoms with Crippen molar-refractivity contribution in [1.82, 2.24) is 0 Å². The van der Waals surface area contributed by atoms with Gasteiger partial charge in [0.25, 0.3) is 0 Å². The lowest BCUT2D eigenvalue weighted by Crippen LogP contribution is -2.61. The summed E-state index contributed by atoms with van der Waals surface area (Å²) in [6, 6.07) is 0. The van der Waals surface area contributed by atoms with Crippen LogP contribution in [0.15, 0.2) is 11.6 Å². The van der Waals surface area contributed by atoms with Gasteiger partial charge in [-0.3, -0.25) is 4.79 Å². The Kier molecular flexibility index (Phi) is 10.3. The van der Waals surface area contributed by atoms with Crippen molar-refractivity contribution in [1.29, 1.82) is 0 Å². The molecule has 0 bridgehead atoms. The number of ether oxygens (including phenoxy) is 4. The normalized spacial score (nSPS) is 43.4. The zero-order valence-corrected chi connectivity index (χ0v) is 21.7. The summed E-state index contributed by atoms with van der Waals surface area (Å²) >= 11 is 0. The molecule has 214 valence electrons. The molecule has 12 heteroatoms. The van der Waals surface area contributed by atoms with Gasteiger partial charge in [0, 0.05) is 6.42 Å². The minimum absolute atomic E-state index is 0.0135. The zero-order chi connectivity index (χ0) is 27.7. The van der Waals surface area contributed by atoms with Gasteiger partial charge in [0.1, 0.15) is 42.7 Å². The predicted molar refractivity (Wildman–Crippen MR) is 127 cm³/mol. The lowest BCUT2D eigenvalue weighted by molar-refractivity contribution is -0.332. The molecule has 1 aliphatic carbocycles. The van der Waals surface area contributed by atoms with Crippen molar-refractivity contribution in [3.8, 4) is 0 Å². The number of aliphatic hydroxyl groups is 7. The van der Waals surface area contributed by atoms with Crippen LogP contribution in [0, 0.1) is 11.3 Å². The Labute approximate surface area is 216 Å². The summed E-state index contributed by atoms with van der Waals surface area (Å²) in [5, 5.41) is 70.8. The molecular formula is C25H42O12. The number of rotatable bonds is 9. The molecule has 2 heterocycles. The van der Waals surface area contributed by atoms with Gasteiger partial charge in [-0.25, -0.2) is 0 Å². The topological polar surface area (TPSA) is 196 Å². The van der Waals surface area contributed by atoms with Crippen LogP contribution >= 0.6 is 0 Å². The summed E-state index contributed by atoms with van der Waals surface area (Å²) in [6.07, 6.45) is -11.1. The monoisotopic (exact) mass is 534 g/mol. The van der Waals surface area contributed by atoms with Gasteiger partial charge in [-0.1, -0.05) is 13.8 Å². The fraction of sp³-hybridized carbons (Fsp3) is 0.880. The summed E-state index contributed by atoms with van der Waals surface area (Å²) < 4.78 is 22.4. The first-order valence-corrected chi connectivity index (χ1v) is 12.8. The molecule has 7 N–H and O–H groups in total. The van der Waals surface area contributed by atoms with E-state index < -0.39 is 67.5 Å². The molecule has 0 aromatic heterocycles. The number of hydrogen-bond acceptors (Lipinski definition) is 12. The van der Waals surface area contributed by atoms with Crippen LogP contribution in [-0.2, 0) is 23.7 Å². The molecule has 0 radical (unpaired) electrons. The second-order valence-corrected chi connectivity index (χ2v) is 11.1. The van der Waals surface area contributed by atoms with Crippen molar-refractivity contribution in [3.05, 3.63) is 11.6 Å². The van der Waals surface area contributed by atoms with Crippen LogP contribution in [0.4, 0.5) is 0 Å². The van der Waals surface area contributed by atoms with Crippen LogP contribution in [0.3, 0.4) is 0 Å². The van der Waals surface area contributed by atoms with E-state index in [1.54, 1.807) is 6.92 Å². The average Bonchev–Trinajstić information content (AvgIpc) is 2.83. The summed E-state index contributed by atoms with van der Waals surface area (Å²) in [5.74, 6) is -0.0504. The molecule has 0 aromatic carbocycles. The quantitative estimate of drug-likeness (QED) is 0.178. The second kappa shape index (κ2) is 12.4. The Morgan fingerprint density at radius 3 is 2.24 bits per heavy atom. The Hall–Kier alpha value is -1.03. The van der Waals surface area contributed by atoms with Crippen molar-refractivity contribution in [3.63, 3.8) is 0 Å². The van der Waals surface area contributed by atoms with Gasteiger partial charge in [-0.15, -0.1) is 0 Å². The second-order valence-electron chi connectivity index (χ2n) is 11.1. The van der Waals surface area contributed by atoms with E-state index in [2.05, 4.69) is 0 Å². The van der Waals surface area contributed by atoms with Gasteiger partial charge < -0.3 is 54.7 Å². The summed E-state index contributed by atoms with van der Waals surface area (Å²) in [5.41, 5.74) is 0.345. The Morgan fingerprint density at radius 1 is 0.973 bits per heavy atom. The Balaban J connectivity index is 1.57. The van der Waals surface area contributed by atoms with Crippen molar-refractivity contribution >= 4 is 5.78 Å². The van der Waals surface area contributed by atoms with Gasteiger partial charge in [0.05, 0.1) is 25.4 Å². The van der Waals surface area contributed by atoms with E-state index in [0.717, 1.165) is 0 Å². The summed E-state index contributed by atoms with van der Waals surface area (Å²) in [6.45, 7) is 6.65. The number of ketones is 1. The maximum Gasteiger partial charge on any atom is 0.186 e. The summed E-state index contributed by atoms with van der Waals surface area (Å²) in [7, 11) is 0. The van der Waals surface area contributed by atoms with Crippen molar-refractivity contribution < 1.29 is 59.5 Å². The van der Waals surface area contributed by atoms with E-state index in [1.165, 1.54) is 13.0 Å². The molecule has 0 aromatic rings. The average molecular weight is 535 g/mol. The third-order valence-electron chi connectivity index (χ3n) is 7.68. The maximum atomic E-state index is 12.0. The van der Waals surface area contributed by atoms with Crippen LogP contribution < -0.4 is 0 Å². The van der Waals surface area contributed by atoms with Crippen LogP contribution in [0.1, 0.15) is 47.0 Å². The van der Waals surface area contributed by atoms with E-state index in [-0.39, 0.29) is 30.3 Å². The third-order valence-corrected chi connectivity index (χ3v) is 7.68. The molecule has 12 nitrogen and oxygen atoms in total. The molecule has 2 saturated heterocycles. The van der Waals surface area contributed by atoms with Crippen LogP contribution in [0.5, 0.6) is 0 Å². The molecule has 2 fully saturated rings. The smallest absolute Gasteiger partial charge is 0.186 e. The molecule has 0 amide bonds. The summed E-state index contributed by atoms with van der Waals surface area (Å²) in [4.78, 5) is 12.0. The van der Waals surface area contributed by atoms with Gasteiger partial charge in [0.15, 0.2) is 18.4 Å². The Morgan fingerprint density at radius 2 is 1.59 bits per heavy atom. The number of aliphatic hydroxyl groups excluding tert-OH is 7. The molecule has 2 unspecified atom stereocenters. The lowest BCUT2D eigenvalue weighted by atomic mass is 9.66. The molecule has 3 aliphatic rings. The van der Waals surface area contributed by atoms with Gasteiger partial charge in [-0.2, -0.15) is 0 Å². The highest BCUT2D eigenvalue weighted by atomic mass is 16.7. The maximum absolute atomic E-state index is 12.0. The van der Waals surface area contributed by atoms with Crippen molar-refractivity contribution in [2.45, 2.75) is 114 Å². The van der Waals surface area contributed by atoms with Crippen LogP contribution in [0.2, 0.25) is 0 Å². The van der Waals surface area contributed by atoms with Crippen LogP contribution in [-0.4, -0.2) is 122 Å². The molecule has 37 heavy (non-hydrogen) atoms. The highest BCUT2D eigenvalue weighted by Crippen LogP contribution is 2.42. The Bertz CT molecular complexity index is 803. The number of carbonyl (C=O) groups excluding carboxylic acids is 1. The molecule has 2 aliphatic heterocycles. The fourth-order valence-electron chi connectivity index (χ4n) is 5.37. The fourth-order valence-corrected chi connectivity index (χ4v) is 5.37. The number of carbonyl (C=O) groups is 1. The predicted octanol–water partition coefficient (Wildman–Crippen LogP) is -1.64. The first-order chi connectivity index (χ1) is 17.3. The molecule has 0 saturated carbocycles. The standard InChI is InChI=1S/C25H42O12/c1-11(5-6-15-13(9-26)7-14(27)8-25(15,3)4)35-24-22(33)20(31)18(29)16(37-24)10-34-23-21(32)19(30)17(28)12(2)36-23/h7,11-12,15-24,26,28-33H,5-6,8-10H2,1-4H3/t11?,12-,15+,16+,17-,18+,19+,20-,21+,22+,23+,24?/m0/s1. The third kappa shape index (κ3) is 6.95. The minimum atomic E-state index is -1.60. The first kappa shape index (κ1) is 30.5. The molecular weight excluding hydrogens is 492 g/mol. The SMILES string of the molecule is CC(CC[C@@H]1C(CO)=CC(=O)CC1(C)C)OC1O[C@H](CO[C@@H]2O[C@@H](C)[C@H](O)[C@@H](O)[C@H]2O)[C@@H](O)[C@H](O)[C@H]1O. The molecule has 12 atom stereocenters. The van der Waals surface area contributed by atoms with E-state index in [1.807, 2.05) is 13.8 Å². The van der Waals surface area contributed by atoms with Crippen molar-refractivity contribution in [2.24, 2.45) is 11.3 Å². The van der Waals surface area contributed by atoms with Crippen LogP contribution in [0.25, 0.3) is 0 Å². The van der Waals surface area contributed by atoms with Gasteiger partial charge >= 0.3 is 0 Å². The molecule has 3 rings (SSSR count). The van der Waals surface area contributed by atoms with E-state index in [9.17, 15) is 40.5 Å². The van der Waals surface area contributed by atoms with Gasteiger partial charge in [-0.05, 0) is 49.7 Å². The highest BCUT2D eigenvalue weighted by molar-refractivity contribution is 5.92. The lowest BCUT2D eigenvalue weighted by Gasteiger charge is -2.43. The van der Waals surface area contributed by atoms with E-state index in [0.29, 0.717) is 24.8 Å². The van der Waals surface area contributed by atoms with E-state index >= 15 is 0 Å².